The van der Waals surface area contributed by atoms with Crippen molar-refractivity contribution < 1.29 is 4.79 Å². The maximum Gasteiger partial charge on any atom is 0.271 e. The number of anilines is 3. The van der Waals surface area contributed by atoms with Gasteiger partial charge in [0.1, 0.15) is 5.82 Å². The fourth-order valence-corrected chi connectivity index (χ4v) is 5.94. The molecule has 0 spiro atoms. The molecule has 2 aromatic rings. The molecule has 0 radical (unpaired) electrons. The van der Waals surface area contributed by atoms with Crippen LogP contribution in [-0.4, -0.2) is 53.0 Å². The Labute approximate surface area is 203 Å². The smallest absolute Gasteiger partial charge is 0.271 e. The van der Waals surface area contributed by atoms with Gasteiger partial charge in [0.05, 0.1) is 6.20 Å². The predicted octanol–water partition coefficient (Wildman–Crippen LogP) is 4.82. The van der Waals surface area contributed by atoms with Gasteiger partial charge in [-0.05, 0) is 81.6 Å². The number of primary amides is 1. The first kappa shape index (κ1) is 23.1. The van der Waals surface area contributed by atoms with Crippen LogP contribution in [0.25, 0.3) is 0 Å². The lowest BCUT2D eigenvalue weighted by Crippen LogP contribution is -2.41. The van der Waals surface area contributed by atoms with E-state index in [0.717, 1.165) is 43.5 Å². The molecule has 3 heterocycles. The van der Waals surface area contributed by atoms with E-state index in [1.54, 1.807) is 6.20 Å². The Morgan fingerprint density at radius 1 is 0.882 bits per heavy atom. The van der Waals surface area contributed by atoms with Crippen molar-refractivity contribution in [3.05, 3.63) is 41.7 Å². The van der Waals surface area contributed by atoms with E-state index in [9.17, 15) is 4.79 Å². The molecule has 34 heavy (non-hydrogen) atoms. The quantitative estimate of drug-likeness (QED) is 0.640. The van der Waals surface area contributed by atoms with Gasteiger partial charge in [-0.25, -0.2) is 9.97 Å². The molecule has 1 saturated carbocycles. The maximum absolute atomic E-state index is 12.0. The number of nitrogens with two attached hydrogens (primary N) is 1. The van der Waals surface area contributed by atoms with Crippen molar-refractivity contribution in [2.24, 2.45) is 5.73 Å². The number of hydrogen-bond acceptors (Lipinski definition) is 6. The summed E-state index contributed by atoms with van der Waals surface area (Å²) in [4.78, 5) is 26.0. The van der Waals surface area contributed by atoms with E-state index in [-0.39, 0.29) is 5.69 Å². The zero-order valence-electron chi connectivity index (χ0n) is 20.2. The van der Waals surface area contributed by atoms with Crippen LogP contribution >= 0.6 is 0 Å². The van der Waals surface area contributed by atoms with Crippen LogP contribution in [0.1, 0.15) is 86.2 Å². The molecule has 1 aliphatic carbocycles. The second kappa shape index (κ2) is 10.7. The molecule has 2 saturated heterocycles. The number of benzene rings is 1. The summed E-state index contributed by atoms with van der Waals surface area (Å²) in [7, 11) is 0. The van der Waals surface area contributed by atoms with Crippen molar-refractivity contribution in [1.82, 2.24) is 14.9 Å². The summed E-state index contributed by atoms with van der Waals surface area (Å²) < 4.78 is 0. The molecule has 3 fully saturated rings. The molecular weight excluding hydrogens is 424 g/mol. The highest BCUT2D eigenvalue weighted by atomic mass is 16.1. The Kier molecular flexibility index (Phi) is 7.28. The molecule has 7 heteroatoms. The SMILES string of the molecule is NC(=O)c1ncc(N2CCCCC2)nc1Nc1ccc(C2CCN(C3CCCCC3)CC2)cc1. The van der Waals surface area contributed by atoms with E-state index in [1.165, 1.54) is 70.0 Å². The average Bonchev–Trinajstić information content (AvgIpc) is 2.90. The first-order chi connectivity index (χ1) is 16.7. The monoisotopic (exact) mass is 462 g/mol. The standard InChI is InChI=1S/C27H38N6O/c28-26(34)25-27(31-24(19-29-25)33-15-5-2-6-16-33)30-22-11-9-20(10-12-22)21-13-17-32(18-14-21)23-7-3-1-4-8-23/h9-12,19,21,23H,1-8,13-18H2,(H2,28,34)(H,30,31). The summed E-state index contributed by atoms with van der Waals surface area (Å²) in [6.45, 7) is 4.38. The number of amides is 1. The van der Waals surface area contributed by atoms with Gasteiger partial charge in [0.25, 0.3) is 5.91 Å². The van der Waals surface area contributed by atoms with Crippen molar-refractivity contribution in [3.63, 3.8) is 0 Å². The van der Waals surface area contributed by atoms with Crippen LogP contribution in [0.3, 0.4) is 0 Å². The van der Waals surface area contributed by atoms with Crippen molar-refractivity contribution >= 4 is 23.2 Å². The molecule has 1 amide bonds. The third kappa shape index (κ3) is 5.35. The minimum atomic E-state index is -0.568. The van der Waals surface area contributed by atoms with Crippen LogP contribution in [0.2, 0.25) is 0 Å². The highest BCUT2D eigenvalue weighted by molar-refractivity contribution is 5.96. The van der Waals surface area contributed by atoms with E-state index in [1.807, 2.05) is 0 Å². The van der Waals surface area contributed by atoms with Crippen molar-refractivity contribution in [2.45, 2.75) is 76.2 Å². The first-order valence-corrected chi connectivity index (χ1v) is 13.2. The summed E-state index contributed by atoms with van der Waals surface area (Å²) in [5.74, 6) is 1.29. The number of hydrogen-bond donors (Lipinski definition) is 2. The summed E-state index contributed by atoms with van der Waals surface area (Å²) in [6, 6.07) is 9.43. The van der Waals surface area contributed by atoms with Crippen LogP contribution in [0.4, 0.5) is 17.3 Å². The van der Waals surface area contributed by atoms with Gasteiger partial charge in [-0.15, -0.1) is 0 Å². The topological polar surface area (TPSA) is 87.4 Å². The van der Waals surface area contributed by atoms with Gasteiger partial charge in [0.2, 0.25) is 0 Å². The summed E-state index contributed by atoms with van der Waals surface area (Å²) in [5.41, 5.74) is 8.06. The fraction of sp³-hybridized carbons (Fsp3) is 0.593. The number of carbonyl (C=O) groups excluding carboxylic acids is 1. The Morgan fingerprint density at radius 2 is 1.56 bits per heavy atom. The normalized spacial score (nSPS) is 20.9. The highest BCUT2D eigenvalue weighted by Crippen LogP contribution is 2.33. The van der Waals surface area contributed by atoms with Gasteiger partial charge in [-0.3, -0.25) is 4.79 Å². The second-order valence-corrected chi connectivity index (χ2v) is 10.2. The lowest BCUT2D eigenvalue weighted by molar-refractivity contribution is 0.0996. The number of nitrogens with zero attached hydrogens (tertiary/aromatic N) is 4. The molecule has 5 rings (SSSR count). The van der Waals surface area contributed by atoms with Gasteiger partial charge >= 0.3 is 0 Å². The van der Waals surface area contributed by atoms with Gasteiger partial charge in [-0.1, -0.05) is 31.4 Å². The van der Waals surface area contributed by atoms with Gasteiger partial charge in [0, 0.05) is 24.8 Å². The lowest BCUT2D eigenvalue weighted by atomic mass is 9.86. The summed E-state index contributed by atoms with van der Waals surface area (Å²) in [6.07, 6.45) is 14.7. The second-order valence-electron chi connectivity index (χ2n) is 10.2. The number of carbonyl (C=O) groups is 1. The van der Waals surface area contributed by atoms with E-state index >= 15 is 0 Å². The van der Waals surface area contributed by atoms with Crippen molar-refractivity contribution in [3.8, 4) is 0 Å². The highest BCUT2D eigenvalue weighted by Gasteiger charge is 2.27. The third-order valence-electron chi connectivity index (χ3n) is 7.94. The molecule has 7 nitrogen and oxygen atoms in total. The van der Waals surface area contributed by atoms with Gasteiger partial charge < -0.3 is 20.9 Å². The molecule has 2 aliphatic heterocycles. The largest absolute Gasteiger partial charge is 0.364 e. The maximum atomic E-state index is 12.0. The number of piperidine rings is 2. The minimum absolute atomic E-state index is 0.180. The van der Waals surface area contributed by atoms with Crippen LogP contribution in [0, 0.1) is 0 Å². The minimum Gasteiger partial charge on any atom is -0.364 e. The zero-order valence-corrected chi connectivity index (χ0v) is 20.2. The van der Waals surface area contributed by atoms with Crippen LogP contribution in [0.15, 0.2) is 30.5 Å². The number of nitrogens with one attached hydrogen (secondary N) is 1. The molecule has 0 bridgehead atoms. The number of likely N-dealkylation sites (tertiary alicyclic amines) is 1. The predicted molar refractivity (Wildman–Crippen MR) is 137 cm³/mol. The molecule has 0 atom stereocenters. The fourth-order valence-electron chi connectivity index (χ4n) is 5.94. The first-order valence-electron chi connectivity index (χ1n) is 13.2. The molecule has 0 unspecified atom stereocenters. The molecule has 1 aromatic heterocycles. The van der Waals surface area contributed by atoms with Crippen LogP contribution < -0.4 is 16.0 Å². The molecule has 1 aromatic carbocycles. The van der Waals surface area contributed by atoms with E-state index in [4.69, 9.17) is 10.7 Å². The van der Waals surface area contributed by atoms with E-state index in [2.05, 4.69) is 44.4 Å². The third-order valence-corrected chi connectivity index (χ3v) is 7.94. The van der Waals surface area contributed by atoms with Gasteiger partial charge in [-0.2, -0.15) is 0 Å². The summed E-state index contributed by atoms with van der Waals surface area (Å²) in [5, 5.41) is 3.30. The molecular formula is C27H38N6O. The molecule has 3 aliphatic rings. The van der Waals surface area contributed by atoms with Crippen LogP contribution in [0.5, 0.6) is 0 Å². The molecule has 3 N–H and O–H groups in total. The summed E-state index contributed by atoms with van der Waals surface area (Å²) >= 11 is 0. The Balaban J connectivity index is 1.24. The van der Waals surface area contributed by atoms with Crippen LogP contribution in [-0.2, 0) is 0 Å². The van der Waals surface area contributed by atoms with E-state index in [0.29, 0.717) is 11.7 Å². The Bertz CT molecular complexity index is 958. The van der Waals surface area contributed by atoms with E-state index < -0.39 is 5.91 Å². The van der Waals surface area contributed by atoms with Crippen molar-refractivity contribution in [2.75, 3.05) is 36.4 Å². The zero-order chi connectivity index (χ0) is 23.3. The average molecular weight is 463 g/mol. The molecule has 182 valence electrons. The number of aromatic nitrogens is 2. The van der Waals surface area contributed by atoms with Gasteiger partial charge in [0.15, 0.2) is 11.5 Å². The number of rotatable bonds is 6. The lowest BCUT2D eigenvalue weighted by Gasteiger charge is -2.39. The van der Waals surface area contributed by atoms with Crippen molar-refractivity contribution in [1.29, 1.82) is 0 Å². The Morgan fingerprint density at radius 3 is 2.24 bits per heavy atom. The Hall–Kier alpha value is -2.67.